The molecule has 0 spiro atoms. The average molecular weight is 267 g/mol. The van der Waals surface area contributed by atoms with E-state index in [1.54, 1.807) is 20.0 Å². The van der Waals surface area contributed by atoms with Gasteiger partial charge in [-0.25, -0.2) is 4.98 Å². The highest BCUT2D eigenvalue weighted by Gasteiger charge is 2.20. The fourth-order valence-corrected chi connectivity index (χ4v) is 2.11. The van der Waals surface area contributed by atoms with E-state index >= 15 is 0 Å². The first-order valence-corrected chi connectivity index (χ1v) is 6.22. The van der Waals surface area contributed by atoms with Crippen LogP contribution in [-0.4, -0.2) is 22.0 Å². The summed E-state index contributed by atoms with van der Waals surface area (Å²) in [5.74, 6) is -0.632. The molecule has 1 unspecified atom stereocenters. The number of aryl methyl sites for hydroxylation is 1. The second-order valence-electron chi connectivity index (χ2n) is 4.21. The highest BCUT2D eigenvalue weighted by molar-refractivity contribution is 6.30. The Morgan fingerprint density at radius 2 is 2.28 bits per heavy atom. The standard InChI is InChI=1S/C13H15ClN2O2/c1-4-18-13(17)9(3)11-7-16-6-10(14)5-8(2)12(16)15-11/h5-7,9H,4H2,1-3H3. The van der Waals surface area contributed by atoms with Crippen LogP contribution in [0.2, 0.25) is 5.02 Å². The number of fused-ring (bicyclic) bond motifs is 1. The lowest BCUT2D eigenvalue weighted by atomic mass is 10.1. The van der Waals surface area contributed by atoms with Gasteiger partial charge in [0.05, 0.1) is 23.2 Å². The Labute approximate surface area is 111 Å². The highest BCUT2D eigenvalue weighted by atomic mass is 35.5. The largest absolute Gasteiger partial charge is 0.465 e. The Morgan fingerprint density at radius 1 is 1.56 bits per heavy atom. The second-order valence-corrected chi connectivity index (χ2v) is 4.65. The Kier molecular flexibility index (Phi) is 3.57. The number of halogens is 1. The second kappa shape index (κ2) is 4.98. The van der Waals surface area contributed by atoms with Crippen molar-refractivity contribution in [2.45, 2.75) is 26.7 Å². The maximum absolute atomic E-state index is 11.7. The number of imidazole rings is 1. The molecule has 0 aliphatic rings. The normalized spacial score (nSPS) is 12.7. The van der Waals surface area contributed by atoms with Crippen LogP contribution in [0, 0.1) is 6.92 Å². The molecule has 1 atom stereocenters. The number of esters is 1. The monoisotopic (exact) mass is 266 g/mol. The first-order chi connectivity index (χ1) is 8.52. The molecule has 0 saturated heterocycles. The summed E-state index contributed by atoms with van der Waals surface area (Å²) in [5.41, 5.74) is 2.48. The summed E-state index contributed by atoms with van der Waals surface area (Å²) < 4.78 is 6.83. The van der Waals surface area contributed by atoms with Crippen molar-refractivity contribution >= 4 is 23.2 Å². The number of nitrogens with zero attached hydrogens (tertiary/aromatic N) is 2. The van der Waals surface area contributed by atoms with Gasteiger partial charge in [0.2, 0.25) is 0 Å². The third kappa shape index (κ3) is 2.34. The van der Waals surface area contributed by atoms with Gasteiger partial charge in [-0.3, -0.25) is 4.79 Å². The van der Waals surface area contributed by atoms with Gasteiger partial charge in [-0.2, -0.15) is 0 Å². The van der Waals surface area contributed by atoms with Crippen molar-refractivity contribution in [3.05, 3.63) is 34.7 Å². The van der Waals surface area contributed by atoms with Gasteiger partial charge in [0.1, 0.15) is 5.65 Å². The minimum atomic E-state index is -0.372. The summed E-state index contributed by atoms with van der Waals surface area (Å²) in [6.45, 7) is 5.89. The smallest absolute Gasteiger partial charge is 0.314 e. The van der Waals surface area contributed by atoms with Gasteiger partial charge in [-0.1, -0.05) is 11.6 Å². The van der Waals surface area contributed by atoms with Crippen molar-refractivity contribution < 1.29 is 9.53 Å². The average Bonchev–Trinajstić information content (AvgIpc) is 2.72. The first kappa shape index (κ1) is 12.9. The van der Waals surface area contributed by atoms with Crippen LogP contribution in [0.25, 0.3) is 5.65 Å². The zero-order valence-electron chi connectivity index (χ0n) is 10.6. The fourth-order valence-electron chi connectivity index (χ4n) is 1.84. The van der Waals surface area contributed by atoms with Crippen LogP contribution < -0.4 is 0 Å². The van der Waals surface area contributed by atoms with Gasteiger partial charge >= 0.3 is 5.97 Å². The van der Waals surface area contributed by atoms with E-state index in [9.17, 15) is 4.79 Å². The summed E-state index contributed by atoms with van der Waals surface area (Å²) in [4.78, 5) is 16.1. The molecule has 4 nitrogen and oxygen atoms in total. The van der Waals surface area contributed by atoms with Crippen LogP contribution in [0.1, 0.15) is 31.0 Å². The molecule has 96 valence electrons. The molecule has 0 fully saturated rings. The molecule has 2 heterocycles. The molecule has 2 rings (SSSR count). The zero-order valence-corrected chi connectivity index (χ0v) is 11.4. The van der Waals surface area contributed by atoms with E-state index in [0.717, 1.165) is 11.2 Å². The summed E-state index contributed by atoms with van der Waals surface area (Å²) in [5, 5.41) is 0.646. The van der Waals surface area contributed by atoms with Crippen molar-refractivity contribution in [3.63, 3.8) is 0 Å². The molecule has 2 aromatic rings. The van der Waals surface area contributed by atoms with Crippen LogP contribution in [0.5, 0.6) is 0 Å². The van der Waals surface area contributed by atoms with E-state index in [0.29, 0.717) is 17.3 Å². The van der Waals surface area contributed by atoms with Gasteiger partial charge in [0, 0.05) is 12.4 Å². The molecule has 0 N–H and O–H groups in total. The van der Waals surface area contributed by atoms with Gasteiger partial charge in [-0.15, -0.1) is 0 Å². The molecule has 0 amide bonds. The van der Waals surface area contributed by atoms with Gasteiger partial charge in [0.15, 0.2) is 0 Å². The summed E-state index contributed by atoms with van der Waals surface area (Å²) >= 11 is 5.98. The quantitative estimate of drug-likeness (QED) is 0.802. The minimum absolute atomic E-state index is 0.260. The number of carbonyl (C=O) groups excluding carboxylic acids is 1. The topological polar surface area (TPSA) is 43.6 Å². The number of pyridine rings is 1. The Bertz CT molecular complexity index is 592. The third-order valence-electron chi connectivity index (χ3n) is 2.80. The van der Waals surface area contributed by atoms with E-state index in [1.807, 2.05) is 23.6 Å². The van der Waals surface area contributed by atoms with Crippen molar-refractivity contribution in [1.82, 2.24) is 9.38 Å². The lowest BCUT2D eigenvalue weighted by Gasteiger charge is -2.06. The predicted molar refractivity (Wildman–Crippen MR) is 70.0 cm³/mol. The molecule has 2 aromatic heterocycles. The molecule has 0 saturated carbocycles. The number of carbonyl (C=O) groups is 1. The molecule has 18 heavy (non-hydrogen) atoms. The van der Waals surface area contributed by atoms with E-state index in [2.05, 4.69) is 4.98 Å². The number of hydrogen-bond donors (Lipinski definition) is 0. The maximum Gasteiger partial charge on any atom is 0.314 e. The predicted octanol–water partition coefficient (Wildman–Crippen LogP) is 2.96. The number of aromatic nitrogens is 2. The molecular weight excluding hydrogens is 252 g/mol. The van der Waals surface area contributed by atoms with Crippen molar-refractivity contribution in [2.75, 3.05) is 6.61 Å². The van der Waals surface area contributed by atoms with E-state index in [4.69, 9.17) is 16.3 Å². The van der Waals surface area contributed by atoms with Gasteiger partial charge < -0.3 is 9.14 Å². The van der Waals surface area contributed by atoms with Crippen LogP contribution in [0.3, 0.4) is 0 Å². The molecule has 0 radical (unpaired) electrons. The molecule has 0 aliphatic heterocycles. The van der Waals surface area contributed by atoms with Crippen LogP contribution in [-0.2, 0) is 9.53 Å². The van der Waals surface area contributed by atoms with Crippen LogP contribution >= 0.6 is 11.6 Å². The van der Waals surface area contributed by atoms with Gasteiger partial charge in [-0.05, 0) is 32.4 Å². The Morgan fingerprint density at radius 3 is 2.94 bits per heavy atom. The summed E-state index contributed by atoms with van der Waals surface area (Å²) in [6.07, 6.45) is 3.59. The molecular formula is C13H15ClN2O2. The molecule has 0 bridgehead atoms. The van der Waals surface area contributed by atoms with Crippen molar-refractivity contribution in [3.8, 4) is 0 Å². The SMILES string of the molecule is CCOC(=O)C(C)c1cn2cc(Cl)cc(C)c2n1. The zero-order chi connectivity index (χ0) is 13.3. The maximum atomic E-state index is 11.7. The summed E-state index contributed by atoms with van der Waals surface area (Å²) in [6, 6.07) is 1.85. The minimum Gasteiger partial charge on any atom is -0.465 e. The van der Waals surface area contributed by atoms with E-state index in [-0.39, 0.29) is 11.9 Å². The van der Waals surface area contributed by atoms with Crippen molar-refractivity contribution in [2.24, 2.45) is 0 Å². The first-order valence-electron chi connectivity index (χ1n) is 5.84. The number of ether oxygens (including phenoxy) is 1. The number of hydrogen-bond acceptors (Lipinski definition) is 3. The lowest BCUT2D eigenvalue weighted by Crippen LogP contribution is -2.13. The van der Waals surface area contributed by atoms with E-state index < -0.39 is 0 Å². The number of rotatable bonds is 3. The highest BCUT2D eigenvalue weighted by Crippen LogP contribution is 2.21. The molecule has 0 aromatic carbocycles. The fraction of sp³-hybridized carbons (Fsp3) is 0.385. The molecule has 0 aliphatic carbocycles. The third-order valence-corrected chi connectivity index (χ3v) is 3.01. The van der Waals surface area contributed by atoms with Crippen molar-refractivity contribution in [1.29, 1.82) is 0 Å². The van der Waals surface area contributed by atoms with E-state index in [1.165, 1.54) is 0 Å². The van der Waals surface area contributed by atoms with Gasteiger partial charge in [0.25, 0.3) is 0 Å². The summed E-state index contributed by atoms with van der Waals surface area (Å²) in [7, 11) is 0. The Hall–Kier alpha value is -1.55. The Balaban J connectivity index is 2.41. The van der Waals surface area contributed by atoms with Crippen LogP contribution in [0.4, 0.5) is 0 Å². The van der Waals surface area contributed by atoms with Crippen LogP contribution in [0.15, 0.2) is 18.5 Å². The lowest BCUT2D eigenvalue weighted by molar-refractivity contribution is -0.144. The molecule has 5 heteroatoms.